The lowest BCUT2D eigenvalue weighted by Crippen LogP contribution is -2.56. The summed E-state index contributed by atoms with van der Waals surface area (Å²) < 4.78 is 0.889. The van der Waals surface area contributed by atoms with Gasteiger partial charge in [-0.25, -0.2) is 4.68 Å². The first-order chi connectivity index (χ1) is 18.5. The number of likely N-dealkylation sites (tertiary alicyclic amines) is 1. The molecule has 2 aromatic carbocycles. The largest absolute Gasteiger partial charge is 0.394 e. The summed E-state index contributed by atoms with van der Waals surface area (Å²) in [4.78, 5) is 43.0. The Bertz CT molecular complexity index is 1380. The van der Waals surface area contributed by atoms with E-state index in [1.54, 1.807) is 21.3 Å². The highest BCUT2D eigenvalue weighted by Crippen LogP contribution is 2.66. The van der Waals surface area contributed by atoms with E-state index < -0.39 is 28.7 Å². The van der Waals surface area contributed by atoms with E-state index in [2.05, 4.69) is 20.9 Å². The molecule has 2 unspecified atom stereocenters. The molecule has 0 saturated carbocycles. The molecule has 3 saturated heterocycles. The van der Waals surface area contributed by atoms with Crippen molar-refractivity contribution in [2.24, 2.45) is 11.8 Å². The molecule has 198 valence electrons. The van der Waals surface area contributed by atoms with Gasteiger partial charge in [0.25, 0.3) is 0 Å². The minimum absolute atomic E-state index is 0.0430. The van der Waals surface area contributed by atoms with E-state index in [0.717, 1.165) is 17.5 Å². The van der Waals surface area contributed by atoms with Crippen molar-refractivity contribution in [2.75, 3.05) is 11.9 Å². The summed E-state index contributed by atoms with van der Waals surface area (Å²) in [5, 5.41) is 24.4. The number of aliphatic hydroxyl groups is 1. The van der Waals surface area contributed by atoms with Crippen LogP contribution in [0.15, 0.2) is 54.6 Å². The zero-order chi connectivity index (χ0) is 26.4. The Morgan fingerprint density at radius 1 is 1.16 bits per heavy atom. The molecule has 3 N–H and O–H groups in total. The van der Waals surface area contributed by atoms with Gasteiger partial charge in [-0.3, -0.25) is 14.4 Å². The molecule has 2 bridgehead atoms. The number of hydrogen-bond acceptors (Lipinski definition) is 7. The second kappa shape index (κ2) is 9.70. The van der Waals surface area contributed by atoms with Crippen LogP contribution in [0, 0.1) is 11.8 Å². The highest BCUT2D eigenvalue weighted by molar-refractivity contribution is 8.02. The summed E-state index contributed by atoms with van der Waals surface area (Å²) in [5.74, 6) is -1.89. The SMILES string of the molecule is CC[C@@H](CO)N1C(=O)[C@@H]2[C@H](C(=O)Nc3ccccc3)[C@@H]3CCC2(S3)C1C(=O)NCn1nnc2ccccc21. The van der Waals surface area contributed by atoms with Gasteiger partial charge in [0.1, 0.15) is 18.2 Å². The van der Waals surface area contributed by atoms with Crippen LogP contribution in [0.1, 0.15) is 26.2 Å². The molecule has 1 aromatic heterocycles. The Kier molecular flexibility index (Phi) is 6.35. The third-order valence-corrected chi connectivity index (χ3v) is 10.2. The lowest BCUT2D eigenvalue weighted by Gasteiger charge is -2.36. The lowest BCUT2D eigenvalue weighted by atomic mass is 9.70. The summed E-state index contributed by atoms with van der Waals surface area (Å²) in [7, 11) is 0. The van der Waals surface area contributed by atoms with E-state index in [1.165, 1.54) is 0 Å². The molecular weight excluding hydrogens is 504 g/mol. The average molecular weight is 535 g/mol. The minimum atomic E-state index is -0.795. The van der Waals surface area contributed by atoms with Gasteiger partial charge in [-0.05, 0) is 43.5 Å². The van der Waals surface area contributed by atoms with Crippen molar-refractivity contribution in [1.82, 2.24) is 25.2 Å². The zero-order valence-electron chi connectivity index (χ0n) is 21.0. The van der Waals surface area contributed by atoms with E-state index >= 15 is 0 Å². The minimum Gasteiger partial charge on any atom is -0.394 e. The Morgan fingerprint density at radius 3 is 2.68 bits per heavy atom. The van der Waals surface area contributed by atoms with Gasteiger partial charge in [0.05, 0.1) is 34.7 Å². The molecular formula is C27H30N6O4S. The number of carbonyl (C=O) groups is 3. The number of thioether (sulfide) groups is 1. The molecule has 6 rings (SSSR count). The monoisotopic (exact) mass is 534 g/mol. The molecule has 38 heavy (non-hydrogen) atoms. The van der Waals surface area contributed by atoms with E-state index in [1.807, 2.05) is 61.5 Å². The third-order valence-electron chi connectivity index (χ3n) is 8.23. The van der Waals surface area contributed by atoms with Crippen LogP contribution in [-0.4, -0.2) is 71.4 Å². The van der Waals surface area contributed by atoms with Crippen molar-refractivity contribution in [2.45, 2.75) is 54.9 Å². The van der Waals surface area contributed by atoms with Crippen molar-refractivity contribution in [3.8, 4) is 0 Å². The van der Waals surface area contributed by atoms with Gasteiger partial charge in [-0.2, -0.15) is 0 Å². The van der Waals surface area contributed by atoms with Crippen LogP contribution < -0.4 is 10.6 Å². The first-order valence-corrected chi connectivity index (χ1v) is 13.9. The van der Waals surface area contributed by atoms with E-state index in [-0.39, 0.29) is 36.2 Å². The molecule has 0 aliphatic carbocycles. The molecule has 3 amide bonds. The summed E-state index contributed by atoms with van der Waals surface area (Å²) in [6.07, 6.45) is 1.91. The maximum absolute atomic E-state index is 14.0. The summed E-state index contributed by atoms with van der Waals surface area (Å²) >= 11 is 1.60. The molecule has 0 radical (unpaired) electrons. The third kappa shape index (κ3) is 3.79. The van der Waals surface area contributed by atoms with Gasteiger partial charge in [0.15, 0.2) is 0 Å². The fraction of sp³-hybridized carbons (Fsp3) is 0.444. The highest BCUT2D eigenvalue weighted by Gasteiger charge is 2.74. The predicted molar refractivity (Wildman–Crippen MR) is 143 cm³/mol. The fourth-order valence-electron chi connectivity index (χ4n) is 6.53. The zero-order valence-corrected chi connectivity index (χ0v) is 21.8. The number of hydrogen-bond donors (Lipinski definition) is 3. The van der Waals surface area contributed by atoms with Crippen LogP contribution in [-0.2, 0) is 21.1 Å². The fourth-order valence-corrected chi connectivity index (χ4v) is 8.73. The topological polar surface area (TPSA) is 129 Å². The van der Waals surface area contributed by atoms with Crippen molar-refractivity contribution in [1.29, 1.82) is 0 Å². The maximum atomic E-state index is 14.0. The van der Waals surface area contributed by atoms with E-state index in [0.29, 0.717) is 18.5 Å². The van der Waals surface area contributed by atoms with Crippen LogP contribution >= 0.6 is 11.8 Å². The number of aliphatic hydroxyl groups excluding tert-OH is 1. The first kappa shape index (κ1) is 24.9. The van der Waals surface area contributed by atoms with E-state index in [4.69, 9.17) is 0 Å². The van der Waals surface area contributed by atoms with Crippen LogP contribution in [0.4, 0.5) is 5.69 Å². The highest BCUT2D eigenvalue weighted by atomic mass is 32.2. The second-order valence-corrected chi connectivity index (χ2v) is 11.8. The Hall–Kier alpha value is -3.44. The normalized spacial score (nSPS) is 28.5. The molecule has 3 fully saturated rings. The number of nitrogens with zero attached hydrogens (tertiary/aromatic N) is 4. The van der Waals surface area contributed by atoms with Crippen LogP contribution in [0.2, 0.25) is 0 Å². The number of para-hydroxylation sites is 2. The van der Waals surface area contributed by atoms with Gasteiger partial charge in [-0.15, -0.1) is 16.9 Å². The van der Waals surface area contributed by atoms with Gasteiger partial charge in [-0.1, -0.05) is 42.5 Å². The van der Waals surface area contributed by atoms with E-state index in [9.17, 15) is 19.5 Å². The molecule has 10 nitrogen and oxygen atoms in total. The number of benzene rings is 2. The van der Waals surface area contributed by atoms with Gasteiger partial charge in [0, 0.05) is 10.9 Å². The van der Waals surface area contributed by atoms with Crippen LogP contribution in [0.5, 0.6) is 0 Å². The number of fused-ring (bicyclic) bond motifs is 2. The number of anilines is 1. The molecule has 3 aliphatic rings. The van der Waals surface area contributed by atoms with Gasteiger partial charge >= 0.3 is 0 Å². The maximum Gasteiger partial charge on any atom is 0.245 e. The van der Waals surface area contributed by atoms with Crippen molar-refractivity contribution < 1.29 is 19.5 Å². The molecule has 1 spiro atoms. The Morgan fingerprint density at radius 2 is 1.92 bits per heavy atom. The smallest absolute Gasteiger partial charge is 0.245 e. The summed E-state index contributed by atoms with van der Waals surface area (Å²) in [6.45, 7) is 1.73. The van der Waals surface area contributed by atoms with Gasteiger partial charge in [0.2, 0.25) is 17.7 Å². The molecule has 3 aromatic rings. The summed E-state index contributed by atoms with van der Waals surface area (Å²) in [6, 6.07) is 15.4. The average Bonchev–Trinajstić information content (AvgIpc) is 3.68. The molecule has 4 heterocycles. The van der Waals surface area contributed by atoms with Gasteiger partial charge < -0.3 is 20.6 Å². The second-order valence-electron chi connectivity index (χ2n) is 10.2. The summed E-state index contributed by atoms with van der Waals surface area (Å²) in [5.41, 5.74) is 2.19. The number of amides is 3. The number of carbonyl (C=O) groups excluding carboxylic acids is 3. The number of aromatic nitrogens is 3. The number of nitrogens with one attached hydrogen (secondary N) is 2. The van der Waals surface area contributed by atoms with Crippen LogP contribution in [0.25, 0.3) is 11.0 Å². The molecule has 3 aliphatic heterocycles. The standard InChI is InChI=1S/C27H30N6O4S/c1-2-17(14-34)33-23(25(36)28-15-32-19-11-7-6-10-18(19)30-31-32)27-13-12-20(38-27)21(22(27)26(33)37)24(35)29-16-8-4-3-5-9-16/h3-11,17,20-23,34H,2,12-15H2,1H3,(H,28,36)(H,29,35)/t17-,20-,21+,22-,23?,27?/m0/s1. The van der Waals surface area contributed by atoms with Crippen molar-refractivity contribution >= 4 is 46.2 Å². The predicted octanol–water partition coefficient (Wildman–Crippen LogP) is 2.01. The van der Waals surface area contributed by atoms with Crippen molar-refractivity contribution in [3.63, 3.8) is 0 Å². The first-order valence-electron chi connectivity index (χ1n) is 13.0. The lowest BCUT2D eigenvalue weighted by molar-refractivity contribution is -0.142. The van der Waals surface area contributed by atoms with Crippen LogP contribution in [0.3, 0.4) is 0 Å². The van der Waals surface area contributed by atoms with Crippen molar-refractivity contribution in [3.05, 3.63) is 54.6 Å². The molecule has 6 atom stereocenters. The molecule has 11 heteroatoms. The Labute approximate surface area is 224 Å². The Balaban J connectivity index is 1.30. The quantitative estimate of drug-likeness (QED) is 0.403. The number of rotatable bonds is 8.